The summed E-state index contributed by atoms with van der Waals surface area (Å²) in [5, 5.41) is 5.97. The lowest BCUT2D eigenvalue weighted by molar-refractivity contribution is -0.145. The third-order valence-electron chi connectivity index (χ3n) is 6.11. The fourth-order valence-corrected chi connectivity index (χ4v) is 4.79. The fourth-order valence-electron chi connectivity index (χ4n) is 4.79. The Morgan fingerprint density at radius 3 is 2.63 bits per heavy atom. The van der Waals surface area contributed by atoms with E-state index in [4.69, 9.17) is 5.73 Å². The summed E-state index contributed by atoms with van der Waals surface area (Å²) in [6, 6.07) is 6.16. The molecular weight excluding hydrogens is 348 g/mol. The van der Waals surface area contributed by atoms with Crippen molar-refractivity contribution in [3.63, 3.8) is 0 Å². The summed E-state index contributed by atoms with van der Waals surface area (Å²) in [6.45, 7) is 3.70. The van der Waals surface area contributed by atoms with Gasteiger partial charge in [-0.15, -0.1) is 0 Å². The number of anilines is 1. The number of para-hydroxylation sites is 1. The fraction of sp³-hybridized carbons (Fsp3) is 0.474. The minimum absolute atomic E-state index is 0.119. The van der Waals surface area contributed by atoms with Gasteiger partial charge in [-0.2, -0.15) is 0 Å². The van der Waals surface area contributed by atoms with Crippen LogP contribution in [0.2, 0.25) is 0 Å². The lowest BCUT2D eigenvalue weighted by Gasteiger charge is -2.30. The number of imide groups is 1. The van der Waals surface area contributed by atoms with Crippen molar-refractivity contribution in [3.05, 3.63) is 29.8 Å². The number of carbonyl (C=O) groups is 4. The molecule has 27 heavy (non-hydrogen) atoms. The molecule has 8 nitrogen and oxygen atoms in total. The van der Waals surface area contributed by atoms with Gasteiger partial charge in [0.1, 0.15) is 5.54 Å². The second-order valence-electron chi connectivity index (χ2n) is 7.54. The molecular formula is C19H22N4O4. The second-order valence-corrected chi connectivity index (χ2v) is 7.54. The summed E-state index contributed by atoms with van der Waals surface area (Å²) in [5.74, 6) is -3.37. The van der Waals surface area contributed by atoms with Crippen LogP contribution in [0.5, 0.6) is 0 Å². The second kappa shape index (κ2) is 5.88. The third kappa shape index (κ3) is 2.19. The average molecular weight is 370 g/mol. The van der Waals surface area contributed by atoms with Gasteiger partial charge in [-0.05, 0) is 19.4 Å². The average Bonchev–Trinajstić information content (AvgIpc) is 3.19. The number of carbonyl (C=O) groups excluding carboxylic acids is 4. The Kier molecular flexibility index (Phi) is 3.85. The van der Waals surface area contributed by atoms with Gasteiger partial charge in [0.15, 0.2) is 0 Å². The van der Waals surface area contributed by atoms with Crippen molar-refractivity contribution in [2.24, 2.45) is 17.6 Å². The van der Waals surface area contributed by atoms with Crippen LogP contribution in [-0.4, -0.2) is 40.6 Å². The summed E-state index contributed by atoms with van der Waals surface area (Å²) in [7, 11) is 0. The van der Waals surface area contributed by atoms with E-state index < -0.39 is 29.3 Å². The molecule has 1 aromatic rings. The molecule has 2 fully saturated rings. The van der Waals surface area contributed by atoms with Gasteiger partial charge in [-0.3, -0.25) is 29.4 Å². The minimum atomic E-state index is -1.36. The van der Waals surface area contributed by atoms with Gasteiger partial charge in [0.05, 0.1) is 11.8 Å². The number of primary amides is 1. The van der Waals surface area contributed by atoms with Crippen LogP contribution in [0, 0.1) is 11.8 Å². The van der Waals surface area contributed by atoms with Crippen LogP contribution in [-0.2, 0) is 24.7 Å². The number of hydrogen-bond acceptors (Lipinski definition) is 5. The number of amides is 4. The molecule has 142 valence electrons. The van der Waals surface area contributed by atoms with E-state index in [9.17, 15) is 19.2 Å². The van der Waals surface area contributed by atoms with Crippen LogP contribution < -0.4 is 16.4 Å². The quantitative estimate of drug-likeness (QED) is 0.648. The molecule has 0 bridgehead atoms. The first kappa shape index (κ1) is 17.7. The van der Waals surface area contributed by atoms with E-state index in [1.807, 2.05) is 13.8 Å². The van der Waals surface area contributed by atoms with Gasteiger partial charge in [0, 0.05) is 29.8 Å². The largest absolute Gasteiger partial charge is 0.370 e. The van der Waals surface area contributed by atoms with E-state index in [1.165, 1.54) is 4.90 Å². The monoisotopic (exact) mass is 370 g/mol. The molecule has 3 aliphatic heterocycles. The first-order chi connectivity index (χ1) is 12.8. The van der Waals surface area contributed by atoms with E-state index in [0.29, 0.717) is 17.7 Å². The zero-order valence-corrected chi connectivity index (χ0v) is 15.2. The van der Waals surface area contributed by atoms with Gasteiger partial charge in [0.25, 0.3) is 0 Å². The number of nitrogens with one attached hydrogen (secondary N) is 2. The summed E-state index contributed by atoms with van der Waals surface area (Å²) >= 11 is 0. The summed E-state index contributed by atoms with van der Waals surface area (Å²) < 4.78 is 0. The molecule has 4 N–H and O–H groups in total. The third-order valence-corrected chi connectivity index (χ3v) is 6.11. The lowest BCUT2D eigenvalue weighted by atomic mass is 9.76. The maximum absolute atomic E-state index is 13.3. The van der Waals surface area contributed by atoms with Crippen molar-refractivity contribution in [1.82, 2.24) is 10.2 Å². The van der Waals surface area contributed by atoms with Crippen LogP contribution >= 0.6 is 0 Å². The number of likely N-dealkylation sites (tertiary alicyclic amines) is 1. The normalized spacial score (nSPS) is 32.6. The molecule has 4 amide bonds. The molecule has 0 aliphatic carbocycles. The Hall–Kier alpha value is -2.74. The highest BCUT2D eigenvalue weighted by Crippen LogP contribution is 2.53. The van der Waals surface area contributed by atoms with Gasteiger partial charge in [-0.25, -0.2) is 0 Å². The molecule has 5 atom stereocenters. The van der Waals surface area contributed by atoms with Gasteiger partial charge in [0.2, 0.25) is 23.6 Å². The van der Waals surface area contributed by atoms with Crippen LogP contribution in [0.25, 0.3) is 0 Å². The van der Waals surface area contributed by atoms with Crippen LogP contribution in [0.3, 0.4) is 0 Å². The SMILES string of the molecule is CC[C@H](C)N1C(=O)[C@@H]2[C@H](CC(N)=O)N[C@]3(C(=O)Nc4ccccc43)[C@H]2C1=O. The Labute approximate surface area is 156 Å². The number of benzene rings is 1. The van der Waals surface area contributed by atoms with Crippen LogP contribution in [0.4, 0.5) is 5.69 Å². The Bertz CT molecular complexity index is 869. The Balaban J connectivity index is 1.88. The molecule has 2 saturated heterocycles. The predicted octanol–water partition coefficient (Wildman–Crippen LogP) is 0.0809. The first-order valence-electron chi connectivity index (χ1n) is 9.16. The molecule has 0 aromatic heterocycles. The van der Waals surface area contributed by atoms with Crippen molar-refractivity contribution < 1.29 is 19.2 Å². The summed E-state index contributed by atoms with van der Waals surface area (Å²) in [5.41, 5.74) is 5.25. The molecule has 4 rings (SSSR count). The van der Waals surface area contributed by atoms with Crippen molar-refractivity contribution in [2.45, 2.75) is 44.3 Å². The standard InChI is InChI=1S/C19H22N4O4/c1-3-9(2)23-16(25)14-12(8-13(20)24)22-19(15(14)17(23)26)10-6-4-5-7-11(10)21-18(19)27/h4-7,9,12,14-15,22H,3,8H2,1-2H3,(H2,20,24)(H,21,27)/t9-,12-,14+,15+,19-/m0/s1. The smallest absolute Gasteiger partial charge is 0.250 e. The van der Waals surface area contributed by atoms with E-state index in [1.54, 1.807) is 24.3 Å². The van der Waals surface area contributed by atoms with Crippen molar-refractivity contribution in [1.29, 1.82) is 0 Å². The highest BCUT2D eigenvalue weighted by atomic mass is 16.2. The zero-order valence-electron chi connectivity index (χ0n) is 15.2. The van der Waals surface area contributed by atoms with Crippen molar-refractivity contribution >= 4 is 29.3 Å². The highest BCUT2D eigenvalue weighted by Gasteiger charge is 2.70. The van der Waals surface area contributed by atoms with Crippen LogP contribution in [0.15, 0.2) is 24.3 Å². The number of nitrogens with two attached hydrogens (primary N) is 1. The van der Waals surface area contributed by atoms with E-state index >= 15 is 0 Å². The molecule has 1 spiro atoms. The molecule has 3 heterocycles. The number of rotatable bonds is 4. The van der Waals surface area contributed by atoms with E-state index in [2.05, 4.69) is 10.6 Å². The van der Waals surface area contributed by atoms with Gasteiger partial charge >= 0.3 is 0 Å². The first-order valence-corrected chi connectivity index (χ1v) is 9.16. The van der Waals surface area contributed by atoms with Crippen molar-refractivity contribution in [2.75, 3.05) is 5.32 Å². The molecule has 3 aliphatic rings. The van der Waals surface area contributed by atoms with Gasteiger partial charge in [-0.1, -0.05) is 25.1 Å². The molecule has 8 heteroatoms. The highest BCUT2D eigenvalue weighted by molar-refractivity contribution is 6.15. The summed E-state index contributed by atoms with van der Waals surface area (Å²) in [4.78, 5) is 52.4. The molecule has 1 aromatic carbocycles. The molecule has 0 radical (unpaired) electrons. The number of fused-ring (bicyclic) bond motifs is 4. The predicted molar refractivity (Wildman–Crippen MR) is 96.1 cm³/mol. The molecule has 0 saturated carbocycles. The topological polar surface area (TPSA) is 122 Å². The zero-order chi connectivity index (χ0) is 19.5. The Morgan fingerprint density at radius 2 is 1.96 bits per heavy atom. The van der Waals surface area contributed by atoms with Gasteiger partial charge < -0.3 is 11.1 Å². The minimum Gasteiger partial charge on any atom is -0.370 e. The maximum atomic E-state index is 13.3. The van der Waals surface area contributed by atoms with E-state index in [-0.39, 0.29) is 30.2 Å². The maximum Gasteiger partial charge on any atom is 0.250 e. The van der Waals surface area contributed by atoms with Crippen molar-refractivity contribution in [3.8, 4) is 0 Å². The lowest BCUT2D eigenvalue weighted by Crippen LogP contribution is -2.54. The Morgan fingerprint density at radius 1 is 1.26 bits per heavy atom. The molecule has 0 unspecified atom stereocenters. The summed E-state index contributed by atoms with van der Waals surface area (Å²) in [6.07, 6.45) is 0.492. The number of hydrogen-bond donors (Lipinski definition) is 3. The van der Waals surface area contributed by atoms with Crippen LogP contribution in [0.1, 0.15) is 32.3 Å². The number of nitrogens with zero attached hydrogens (tertiary/aromatic N) is 1. The van der Waals surface area contributed by atoms with E-state index in [0.717, 1.165) is 0 Å².